The van der Waals surface area contributed by atoms with Gasteiger partial charge in [0.15, 0.2) is 0 Å². The number of hydrogen-bond donors (Lipinski definition) is 0. The van der Waals surface area contributed by atoms with E-state index >= 15 is 0 Å². The molecule has 0 N–H and O–H groups in total. The minimum absolute atomic E-state index is 0.0346. The van der Waals surface area contributed by atoms with Gasteiger partial charge in [0.1, 0.15) is 23.2 Å². The van der Waals surface area contributed by atoms with Crippen LogP contribution in [0.25, 0.3) is 10.9 Å². The third-order valence-corrected chi connectivity index (χ3v) is 3.74. The Labute approximate surface area is 116 Å². The molecule has 0 amide bonds. The van der Waals surface area contributed by atoms with Gasteiger partial charge in [0.05, 0.1) is 5.02 Å². The number of aromatic nitrogens is 1. The summed E-state index contributed by atoms with van der Waals surface area (Å²) in [7, 11) is 0. The number of fused-ring (bicyclic) bond motifs is 1. The van der Waals surface area contributed by atoms with Crippen LogP contribution in [0.2, 0.25) is 5.02 Å². The van der Waals surface area contributed by atoms with Gasteiger partial charge in [-0.2, -0.15) is 0 Å². The maximum absolute atomic E-state index is 11.5. The van der Waals surface area contributed by atoms with Gasteiger partial charge in [0, 0.05) is 24.4 Å². The third-order valence-electron chi connectivity index (χ3n) is 3.41. The van der Waals surface area contributed by atoms with Crippen molar-refractivity contribution in [2.75, 3.05) is 0 Å². The van der Waals surface area contributed by atoms with Crippen molar-refractivity contribution >= 4 is 28.3 Å². The molecule has 2 aromatic rings. The van der Waals surface area contributed by atoms with E-state index in [4.69, 9.17) is 16.3 Å². The highest BCUT2D eigenvalue weighted by atomic mass is 35.5. The van der Waals surface area contributed by atoms with Crippen LogP contribution >= 0.6 is 11.6 Å². The molecular formula is C15H14ClNO2. The number of nitrogens with zero attached hydrogens (tertiary/aromatic N) is 1. The van der Waals surface area contributed by atoms with Crippen LogP contribution in [-0.4, -0.2) is 16.9 Å². The fourth-order valence-electron chi connectivity index (χ4n) is 2.47. The zero-order chi connectivity index (χ0) is 13.2. The van der Waals surface area contributed by atoms with Crippen LogP contribution in [0.1, 0.15) is 25.7 Å². The predicted octanol–water partition coefficient (Wildman–Crippen LogP) is 3.78. The molecule has 4 heteroatoms. The van der Waals surface area contributed by atoms with Crippen LogP contribution < -0.4 is 4.74 Å². The second-order valence-electron chi connectivity index (χ2n) is 4.82. The number of hydrogen-bond acceptors (Lipinski definition) is 3. The second-order valence-corrected chi connectivity index (χ2v) is 5.23. The molecule has 0 bridgehead atoms. The fourth-order valence-corrected chi connectivity index (χ4v) is 2.69. The second kappa shape index (κ2) is 5.17. The van der Waals surface area contributed by atoms with Crippen LogP contribution in [-0.2, 0) is 4.79 Å². The van der Waals surface area contributed by atoms with Gasteiger partial charge in [-0.15, -0.1) is 0 Å². The zero-order valence-corrected chi connectivity index (χ0v) is 11.2. The number of ketones is 1. The summed E-state index contributed by atoms with van der Waals surface area (Å²) in [5.41, 5.74) is 0.757. The molecule has 0 radical (unpaired) electrons. The number of rotatable bonds is 2. The first-order chi connectivity index (χ1) is 9.24. The summed E-state index contributed by atoms with van der Waals surface area (Å²) in [6.07, 6.45) is 4.69. The molecule has 3 nitrogen and oxygen atoms in total. The van der Waals surface area contributed by atoms with Crippen LogP contribution in [0.5, 0.6) is 5.75 Å². The summed E-state index contributed by atoms with van der Waals surface area (Å²) in [4.78, 5) is 15.8. The molecule has 1 saturated carbocycles. The van der Waals surface area contributed by atoms with Gasteiger partial charge in [-0.3, -0.25) is 9.78 Å². The van der Waals surface area contributed by atoms with E-state index in [-0.39, 0.29) is 11.9 Å². The van der Waals surface area contributed by atoms with E-state index < -0.39 is 0 Å². The van der Waals surface area contributed by atoms with Crippen molar-refractivity contribution < 1.29 is 9.53 Å². The monoisotopic (exact) mass is 275 g/mol. The van der Waals surface area contributed by atoms with E-state index in [0.29, 0.717) is 23.6 Å². The number of carbonyl (C=O) groups is 1. The topological polar surface area (TPSA) is 39.2 Å². The highest BCUT2D eigenvalue weighted by molar-refractivity contribution is 6.35. The molecule has 0 aliphatic heterocycles. The van der Waals surface area contributed by atoms with Crippen molar-refractivity contribution in [1.29, 1.82) is 0 Å². The maximum Gasteiger partial charge on any atom is 0.146 e. The lowest BCUT2D eigenvalue weighted by Crippen LogP contribution is -2.25. The lowest BCUT2D eigenvalue weighted by Gasteiger charge is -2.22. The van der Waals surface area contributed by atoms with E-state index in [1.165, 1.54) is 0 Å². The first kappa shape index (κ1) is 12.4. The molecule has 1 aromatic heterocycles. The van der Waals surface area contributed by atoms with Crippen LogP contribution in [0, 0.1) is 0 Å². The number of ether oxygens (including phenoxy) is 1. The highest BCUT2D eigenvalue weighted by Gasteiger charge is 2.21. The molecular weight excluding hydrogens is 262 g/mol. The van der Waals surface area contributed by atoms with E-state index in [2.05, 4.69) is 4.98 Å². The third kappa shape index (κ3) is 2.56. The molecule has 1 aromatic carbocycles. The standard InChI is InChI=1S/C15H14ClNO2/c16-13-6-7-14(15-12(13)5-2-8-17-15)19-11-4-1-3-10(18)9-11/h2,5-8,11H,1,3-4,9H2. The molecule has 1 fully saturated rings. The predicted molar refractivity (Wildman–Crippen MR) is 74.6 cm³/mol. The minimum Gasteiger partial charge on any atom is -0.488 e. The Balaban J connectivity index is 1.92. The van der Waals surface area contributed by atoms with Crippen molar-refractivity contribution in [2.24, 2.45) is 0 Å². The van der Waals surface area contributed by atoms with Crippen molar-refractivity contribution in [3.63, 3.8) is 0 Å². The number of pyridine rings is 1. The molecule has 1 aliphatic rings. The number of carbonyl (C=O) groups excluding carboxylic acids is 1. The highest BCUT2D eigenvalue weighted by Crippen LogP contribution is 2.31. The van der Waals surface area contributed by atoms with E-state index in [1.54, 1.807) is 6.20 Å². The molecule has 0 saturated heterocycles. The lowest BCUT2D eigenvalue weighted by molar-refractivity contribution is -0.122. The quantitative estimate of drug-likeness (QED) is 0.837. The van der Waals surface area contributed by atoms with Crippen molar-refractivity contribution in [3.8, 4) is 5.75 Å². The number of benzene rings is 1. The molecule has 1 aliphatic carbocycles. The average Bonchev–Trinajstić information content (AvgIpc) is 2.42. The van der Waals surface area contributed by atoms with Gasteiger partial charge in [-0.25, -0.2) is 0 Å². The summed E-state index contributed by atoms with van der Waals surface area (Å²) in [6.45, 7) is 0. The Kier molecular flexibility index (Phi) is 3.38. The SMILES string of the molecule is O=C1CCCC(Oc2ccc(Cl)c3cccnc23)C1. The largest absolute Gasteiger partial charge is 0.488 e. The van der Waals surface area contributed by atoms with E-state index in [9.17, 15) is 4.79 Å². The van der Waals surface area contributed by atoms with Crippen molar-refractivity contribution in [1.82, 2.24) is 4.98 Å². The Hall–Kier alpha value is -1.61. The molecule has 98 valence electrons. The molecule has 1 atom stereocenters. The van der Waals surface area contributed by atoms with Crippen LogP contribution in [0.4, 0.5) is 0 Å². The normalized spacial score (nSPS) is 19.6. The Morgan fingerprint density at radius 3 is 3.05 bits per heavy atom. The van der Waals surface area contributed by atoms with Gasteiger partial charge in [0.2, 0.25) is 0 Å². The summed E-state index contributed by atoms with van der Waals surface area (Å²) >= 11 is 6.15. The maximum atomic E-state index is 11.5. The molecule has 0 spiro atoms. The lowest BCUT2D eigenvalue weighted by atomic mass is 9.96. The Bertz CT molecular complexity index is 627. The summed E-state index contributed by atoms with van der Waals surface area (Å²) < 4.78 is 5.95. The minimum atomic E-state index is -0.0346. The first-order valence-corrected chi connectivity index (χ1v) is 6.83. The Morgan fingerprint density at radius 2 is 2.21 bits per heavy atom. The van der Waals surface area contributed by atoms with Gasteiger partial charge < -0.3 is 4.74 Å². The van der Waals surface area contributed by atoms with Gasteiger partial charge in [-0.05, 0) is 37.1 Å². The van der Waals surface area contributed by atoms with Crippen LogP contribution in [0.3, 0.4) is 0 Å². The zero-order valence-electron chi connectivity index (χ0n) is 10.4. The Morgan fingerprint density at radius 1 is 1.32 bits per heavy atom. The first-order valence-electron chi connectivity index (χ1n) is 6.45. The average molecular weight is 276 g/mol. The number of halogens is 1. The molecule has 1 unspecified atom stereocenters. The van der Waals surface area contributed by atoms with Gasteiger partial charge >= 0.3 is 0 Å². The van der Waals surface area contributed by atoms with E-state index in [1.807, 2.05) is 24.3 Å². The summed E-state index contributed by atoms with van der Waals surface area (Å²) in [5, 5.41) is 1.54. The number of Topliss-reactive ketones (excluding diaryl/α,β-unsaturated/α-hetero) is 1. The van der Waals surface area contributed by atoms with Crippen molar-refractivity contribution in [3.05, 3.63) is 35.5 Å². The molecule has 3 rings (SSSR count). The fraction of sp³-hybridized carbons (Fsp3) is 0.333. The summed E-state index contributed by atoms with van der Waals surface area (Å²) in [6, 6.07) is 7.41. The van der Waals surface area contributed by atoms with E-state index in [0.717, 1.165) is 23.7 Å². The van der Waals surface area contributed by atoms with Crippen molar-refractivity contribution in [2.45, 2.75) is 31.8 Å². The smallest absolute Gasteiger partial charge is 0.146 e. The molecule has 19 heavy (non-hydrogen) atoms. The van der Waals surface area contributed by atoms with Gasteiger partial charge in [0.25, 0.3) is 0 Å². The summed E-state index contributed by atoms with van der Waals surface area (Å²) in [5.74, 6) is 0.988. The van der Waals surface area contributed by atoms with Gasteiger partial charge in [-0.1, -0.05) is 11.6 Å². The van der Waals surface area contributed by atoms with Crippen LogP contribution in [0.15, 0.2) is 30.5 Å². The molecule has 1 heterocycles.